The van der Waals surface area contributed by atoms with Gasteiger partial charge in [-0.15, -0.1) is 0 Å². The van der Waals surface area contributed by atoms with Crippen LogP contribution in [0.1, 0.15) is 44.7 Å². The number of ether oxygens (including phenoxy) is 1. The molecule has 0 spiro atoms. The van der Waals surface area contributed by atoms with E-state index in [1.807, 2.05) is 24.4 Å². The molecular formula is C22H31N3O. The molecule has 1 aromatic heterocycles. The lowest BCUT2D eigenvalue weighted by molar-refractivity contribution is 0.0959. The van der Waals surface area contributed by atoms with Crippen LogP contribution in [0.2, 0.25) is 0 Å². The molecule has 0 aliphatic carbocycles. The number of aromatic nitrogens is 1. The van der Waals surface area contributed by atoms with Gasteiger partial charge < -0.3 is 10.1 Å². The molecule has 4 heteroatoms. The van der Waals surface area contributed by atoms with Crippen molar-refractivity contribution in [2.45, 2.75) is 58.3 Å². The standard InChI is InChI=1S/C22H31N3O/c1-22(2,3)25-13-10-20(11-14-25)24-16-19-8-4-5-9-21(19)26-17-18-7-6-12-23-15-18/h4-9,12,15,20,24H,10-11,13-14,16-17H2,1-3H3. The lowest BCUT2D eigenvalue weighted by atomic mass is 9.98. The largest absolute Gasteiger partial charge is 0.489 e. The minimum absolute atomic E-state index is 0.276. The summed E-state index contributed by atoms with van der Waals surface area (Å²) in [6.45, 7) is 10.6. The SMILES string of the molecule is CC(C)(C)N1CCC(NCc2ccccc2OCc2cccnc2)CC1. The van der Waals surface area contributed by atoms with Crippen molar-refractivity contribution in [3.63, 3.8) is 0 Å². The quantitative estimate of drug-likeness (QED) is 0.851. The van der Waals surface area contributed by atoms with Gasteiger partial charge in [-0.05, 0) is 45.7 Å². The van der Waals surface area contributed by atoms with Crippen molar-refractivity contribution in [3.8, 4) is 5.75 Å². The maximum atomic E-state index is 6.04. The molecular weight excluding hydrogens is 322 g/mol. The van der Waals surface area contributed by atoms with E-state index in [1.54, 1.807) is 6.20 Å². The normalized spacial score (nSPS) is 16.6. The van der Waals surface area contributed by atoms with E-state index in [0.29, 0.717) is 12.6 Å². The molecule has 0 radical (unpaired) electrons. The summed E-state index contributed by atoms with van der Waals surface area (Å²) in [5, 5.41) is 3.73. The molecule has 3 rings (SSSR count). The Bertz CT molecular complexity index is 673. The van der Waals surface area contributed by atoms with Gasteiger partial charge in [0.1, 0.15) is 12.4 Å². The number of rotatable bonds is 6. The number of likely N-dealkylation sites (tertiary alicyclic amines) is 1. The first-order valence-electron chi connectivity index (χ1n) is 9.60. The van der Waals surface area contributed by atoms with E-state index >= 15 is 0 Å². The topological polar surface area (TPSA) is 37.4 Å². The molecule has 1 N–H and O–H groups in total. The highest BCUT2D eigenvalue weighted by Crippen LogP contribution is 2.22. The van der Waals surface area contributed by atoms with Crippen LogP contribution >= 0.6 is 0 Å². The van der Waals surface area contributed by atoms with Crippen molar-refractivity contribution in [3.05, 3.63) is 59.9 Å². The minimum Gasteiger partial charge on any atom is -0.489 e. The summed E-state index contributed by atoms with van der Waals surface area (Å²) in [5.41, 5.74) is 2.58. The molecule has 0 bridgehead atoms. The Morgan fingerprint density at radius 2 is 1.88 bits per heavy atom. The molecule has 0 saturated carbocycles. The lowest BCUT2D eigenvalue weighted by Gasteiger charge is -2.41. The molecule has 1 saturated heterocycles. The number of hydrogen-bond acceptors (Lipinski definition) is 4. The predicted octanol–water partition coefficient (Wildman–Crippen LogP) is 4.01. The highest BCUT2D eigenvalue weighted by atomic mass is 16.5. The van der Waals surface area contributed by atoms with Gasteiger partial charge in [0.2, 0.25) is 0 Å². The Kier molecular flexibility index (Phi) is 6.28. The fraction of sp³-hybridized carbons (Fsp3) is 0.500. The summed E-state index contributed by atoms with van der Waals surface area (Å²) in [4.78, 5) is 6.72. The van der Waals surface area contributed by atoms with Gasteiger partial charge in [0.05, 0.1) is 0 Å². The van der Waals surface area contributed by atoms with Crippen LogP contribution in [-0.2, 0) is 13.2 Å². The molecule has 4 nitrogen and oxygen atoms in total. The average Bonchev–Trinajstić information content (AvgIpc) is 2.66. The van der Waals surface area contributed by atoms with Crippen molar-refractivity contribution in [1.29, 1.82) is 0 Å². The maximum absolute atomic E-state index is 6.04. The summed E-state index contributed by atoms with van der Waals surface area (Å²) in [7, 11) is 0. The fourth-order valence-corrected chi connectivity index (χ4v) is 3.44. The monoisotopic (exact) mass is 353 g/mol. The first-order chi connectivity index (χ1) is 12.5. The van der Waals surface area contributed by atoms with Gasteiger partial charge in [0, 0.05) is 54.7 Å². The van der Waals surface area contributed by atoms with Crippen LogP contribution in [-0.4, -0.2) is 34.6 Å². The number of nitrogens with zero attached hydrogens (tertiary/aromatic N) is 2. The fourth-order valence-electron chi connectivity index (χ4n) is 3.44. The highest BCUT2D eigenvalue weighted by Gasteiger charge is 2.26. The van der Waals surface area contributed by atoms with E-state index in [2.05, 4.69) is 54.2 Å². The molecule has 26 heavy (non-hydrogen) atoms. The zero-order valence-electron chi connectivity index (χ0n) is 16.2. The van der Waals surface area contributed by atoms with Gasteiger partial charge in [-0.1, -0.05) is 24.3 Å². The lowest BCUT2D eigenvalue weighted by Crippen LogP contribution is -2.49. The zero-order valence-corrected chi connectivity index (χ0v) is 16.2. The Morgan fingerprint density at radius 3 is 2.58 bits per heavy atom. The molecule has 2 aromatic rings. The van der Waals surface area contributed by atoms with Crippen molar-refractivity contribution >= 4 is 0 Å². The Labute approximate surface area is 157 Å². The van der Waals surface area contributed by atoms with E-state index in [-0.39, 0.29) is 5.54 Å². The summed E-state index contributed by atoms with van der Waals surface area (Å²) in [6.07, 6.45) is 6.04. The Balaban J connectivity index is 1.51. The average molecular weight is 354 g/mol. The third-order valence-electron chi connectivity index (χ3n) is 5.11. The second-order valence-corrected chi connectivity index (χ2v) is 8.07. The number of hydrogen-bond donors (Lipinski definition) is 1. The molecule has 140 valence electrons. The molecule has 2 heterocycles. The summed E-state index contributed by atoms with van der Waals surface area (Å²) in [6, 6.07) is 12.9. The van der Waals surface area contributed by atoms with Gasteiger partial charge >= 0.3 is 0 Å². The van der Waals surface area contributed by atoms with E-state index in [4.69, 9.17) is 4.74 Å². The zero-order chi connectivity index (χ0) is 18.4. The van der Waals surface area contributed by atoms with Crippen molar-refractivity contribution < 1.29 is 4.74 Å². The molecule has 0 amide bonds. The van der Waals surface area contributed by atoms with Crippen LogP contribution in [0.15, 0.2) is 48.8 Å². The summed E-state index contributed by atoms with van der Waals surface area (Å²) < 4.78 is 6.04. The highest BCUT2D eigenvalue weighted by molar-refractivity contribution is 5.33. The van der Waals surface area contributed by atoms with Gasteiger partial charge in [0.25, 0.3) is 0 Å². The third-order valence-corrected chi connectivity index (χ3v) is 5.11. The van der Waals surface area contributed by atoms with Gasteiger partial charge in [0.15, 0.2) is 0 Å². The second kappa shape index (κ2) is 8.65. The van der Waals surface area contributed by atoms with Gasteiger partial charge in [-0.2, -0.15) is 0 Å². The molecule has 1 aliphatic rings. The number of nitrogens with one attached hydrogen (secondary N) is 1. The minimum atomic E-state index is 0.276. The van der Waals surface area contributed by atoms with Gasteiger partial charge in [-0.3, -0.25) is 9.88 Å². The Hall–Kier alpha value is -1.91. The maximum Gasteiger partial charge on any atom is 0.124 e. The van der Waals surface area contributed by atoms with E-state index in [9.17, 15) is 0 Å². The molecule has 1 aliphatic heterocycles. The van der Waals surface area contributed by atoms with Crippen molar-refractivity contribution in [2.24, 2.45) is 0 Å². The van der Waals surface area contributed by atoms with Crippen molar-refractivity contribution in [1.82, 2.24) is 15.2 Å². The molecule has 1 aromatic carbocycles. The number of piperidine rings is 1. The molecule has 1 fully saturated rings. The Morgan fingerprint density at radius 1 is 1.12 bits per heavy atom. The first-order valence-corrected chi connectivity index (χ1v) is 9.60. The van der Waals surface area contributed by atoms with E-state index in [0.717, 1.165) is 17.9 Å². The second-order valence-electron chi connectivity index (χ2n) is 8.07. The first kappa shape index (κ1) is 18.9. The van der Waals surface area contributed by atoms with Gasteiger partial charge in [-0.25, -0.2) is 0 Å². The van der Waals surface area contributed by atoms with Crippen LogP contribution in [0.4, 0.5) is 0 Å². The number of benzene rings is 1. The smallest absolute Gasteiger partial charge is 0.124 e. The van der Waals surface area contributed by atoms with E-state index in [1.165, 1.54) is 31.5 Å². The summed E-state index contributed by atoms with van der Waals surface area (Å²) in [5.74, 6) is 0.955. The summed E-state index contributed by atoms with van der Waals surface area (Å²) >= 11 is 0. The van der Waals surface area contributed by atoms with Crippen LogP contribution in [0, 0.1) is 0 Å². The van der Waals surface area contributed by atoms with Crippen LogP contribution in [0.5, 0.6) is 5.75 Å². The van der Waals surface area contributed by atoms with E-state index < -0.39 is 0 Å². The van der Waals surface area contributed by atoms with Crippen LogP contribution < -0.4 is 10.1 Å². The van der Waals surface area contributed by atoms with Crippen molar-refractivity contribution in [2.75, 3.05) is 13.1 Å². The predicted molar refractivity (Wildman–Crippen MR) is 106 cm³/mol. The van der Waals surface area contributed by atoms with Crippen LogP contribution in [0.3, 0.4) is 0 Å². The number of pyridine rings is 1. The molecule has 0 atom stereocenters. The van der Waals surface area contributed by atoms with Crippen LogP contribution in [0.25, 0.3) is 0 Å². The number of para-hydroxylation sites is 1. The molecule has 0 unspecified atom stereocenters. The third kappa shape index (κ3) is 5.29.